The zero-order valence-corrected chi connectivity index (χ0v) is 12.3. The molecule has 0 aromatic heterocycles. The molecule has 2 N–H and O–H groups in total. The molecule has 20 heavy (non-hydrogen) atoms. The summed E-state index contributed by atoms with van der Waals surface area (Å²) in [5.74, 6) is 0.564. The number of rotatable bonds is 7. The van der Waals surface area contributed by atoms with Crippen LogP contribution in [0, 0.1) is 16.7 Å². The highest BCUT2D eigenvalue weighted by Crippen LogP contribution is 2.21. The first-order valence-corrected chi connectivity index (χ1v) is 6.45. The van der Waals surface area contributed by atoms with E-state index in [2.05, 4.69) is 6.07 Å². The second kappa shape index (κ2) is 7.25. The predicted octanol–water partition coefficient (Wildman–Crippen LogP) is 0.990. The van der Waals surface area contributed by atoms with E-state index in [9.17, 15) is 10.2 Å². The predicted molar refractivity (Wildman–Crippen MR) is 76.3 cm³/mol. The summed E-state index contributed by atoms with van der Waals surface area (Å²) in [5.41, 5.74) is 0.966. The van der Waals surface area contributed by atoms with Crippen molar-refractivity contribution in [3.63, 3.8) is 0 Å². The van der Waals surface area contributed by atoms with Gasteiger partial charge in [-0.2, -0.15) is 5.26 Å². The molecule has 5 nitrogen and oxygen atoms in total. The van der Waals surface area contributed by atoms with E-state index in [1.54, 1.807) is 12.1 Å². The van der Waals surface area contributed by atoms with E-state index >= 15 is 0 Å². The van der Waals surface area contributed by atoms with Crippen molar-refractivity contribution in [2.75, 3.05) is 33.9 Å². The highest BCUT2D eigenvalue weighted by Gasteiger charge is 2.24. The molecule has 0 aliphatic carbocycles. The van der Waals surface area contributed by atoms with Crippen LogP contribution in [0.1, 0.15) is 18.1 Å². The lowest BCUT2D eigenvalue weighted by Gasteiger charge is -2.30. The molecule has 1 aromatic carbocycles. The molecule has 0 spiro atoms. The summed E-state index contributed by atoms with van der Waals surface area (Å²) in [6.07, 6.45) is 0. The van der Waals surface area contributed by atoms with E-state index in [-0.39, 0.29) is 13.2 Å². The summed E-state index contributed by atoms with van der Waals surface area (Å²) in [7, 11) is 3.45. The SMILES string of the molecule is COc1ccc(CN(C)CC(C)(CO)CO)cc1C#N. The topological polar surface area (TPSA) is 76.7 Å². The molecule has 0 radical (unpaired) electrons. The fourth-order valence-corrected chi connectivity index (χ4v) is 2.11. The normalized spacial score (nSPS) is 11.4. The first-order chi connectivity index (χ1) is 9.47. The molecule has 0 amide bonds. The minimum atomic E-state index is -0.528. The highest BCUT2D eigenvalue weighted by atomic mass is 16.5. The Hall–Kier alpha value is -1.61. The lowest BCUT2D eigenvalue weighted by Crippen LogP contribution is -2.38. The monoisotopic (exact) mass is 278 g/mol. The van der Waals surface area contributed by atoms with Gasteiger partial charge in [0.2, 0.25) is 0 Å². The quantitative estimate of drug-likeness (QED) is 0.778. The van der Waals surface area contributed by atoms with E-state index in [4.69, 9.17) is 10.00 Å². The maximum Gasteiger partial charge on any atom is 0.136 e. The van der Waals surface area contributed by atoms with Gasteiger partial charge < -0.3 is 19.8 Å². The Balaban J connectivity index is 2.76. The van der Waals surface area contributed by atoms with Gasteiger partial charge in [-0.15, -0.1) is 0 Å². The van der Waals surface area contributed by atoms with Gasteiger partial charge in [-0.05, 0) is 24.7 Å². The van der Waals surface area contributed by atoms with Crippen molar-refractivity contribution in [1.29, 1.82) is 5.26 Å². The van der Waals surface area contributed by atoms with E-state index in [0.717, 1.165) is 5.56 Å². The molecule has 1 aromatic rings. The Morgan fingerprint density at radius 3 is 2.50 bits per heavy atom. The first kappa shape index (κ1) is 16.4. The summed E-state index contributed by atoms with van der Waals surface area (Å²) in [6, 6.07) is 7.59. The number of nitriles is 1. The van der Waals surface area contributed by atoms with Crippen molar-refractivity contribution in [2.24, 2.45) is 5.41 Å². The number of hydrogen-bond acceptors (Lipinski definition) is 5. The van der Waals surface area contributed by atoms with E-state index in [0.29, 0.717) is 24.4 Å². The van der Waals surface area contributed by atoms with Crippen molar-refractivity contribution in [3.05, 3.63) is 29.3 Å². The van der Waals surface area contributed by atoms with Crippen LogP contribution in [-0.2, 0) is 6.54 Å². The second-order valence-electron chi connectivity index (χ2n) is 5.45. The average molecular weight is 278 g/mol. The van der Waals surface area contributed by atoms with Crippen molar-refractivity contribution < 1.29 is 14.9 Å². The summed E-state index contributed by atoms with van der Waals surface area (Å²) >= 11 is 0. The molecular weight excluding hydrogens is 256 g/mol. The van der Waals surface area contributed by atoms with Crippen LogP contribution in [-0.4, -0.2) is 49.0 Å². The number of benzene rings is 1. The average Bonchev–Trinajstić information content (AvgIpc) is 2.46. The molecule has 0 heterocycles. The van der Waals surface area contributed by atoms with Gasteiger partial charge in [0.15, 0.2) is 0 Å². The highest BCUT2D eigenvalue weighted by molar-refractivity contribution is 5.45. The van der Waals surface area contributed by atoms with Crippen molar-refractivity contribution in [1.82, 2.24) is 4.90 Å². The molecule has 0 aliphatic rings. The molecule has 0 fully saturated rings. The van der Waals surface area contributed by atoms with Gasteiger partial charge in [0.1, 0.15) is 11.8 Å². The summed E-state index contributed by atoms with van der Waals surface area (Å²) in [6.45, 7) is 2.89. The molecule has 0 saturated heterocycles. The van der Waals surface area contributed by atoms with E-state index in [1.807, 2.05) is 24.9 Å². The summed E-state index contributed by atoms with van der Waals surface area (Å²) in [4.78, 5) is 2.01. The third-order valence-corrected chi connectivity index (χ3v) is 3.25. The third-order valence-electron chi connectivity index (χ3n) is 3.25. The Morgan fingerprint density at radius 1 is 1.35 bits per heavy atom. The van der Waals surface area contributed by atoms with Gasteiger partial charge in [0.25, 0.3) is 0 Å². The molecule has 0 unspecified atom stereocenters. The molecule has 0 atom stereocenters. The molecule has 5 heteroatoms. The van der Waals surface area contributed by atoms with Crippen molar-refractivity contribution in [2.45, 2.75) is 13.5 Å². The lowest BCUT2D eigenvalue weighted by molar-refractivity contribution is 0.0402. The molecule has 110 valence electrons. The van der Waals surface area contributed by atoms with Crippen LogP contribution in [0.3, 0.4) is 0 Å². The lowest BCUT2D eigenvalue weighted by atomic mass is 9.92. The van der Waals surface area contributed by atoms with Crippen LogP contribution in [0.2, 0.25) is 0 Å². The maximum absolute atomic E-state index is 9.30. The van der Waals surface area contributed by atoms with Gasteiger partial charge in [-0.3, -0.25) is 0 Å². The minimum absolute atomic E-state index is 0.0695. The Kier molecular flexibility index (Phi) is 5.96. The molecule has 0 saturated carbocycles. The fraction of sp³-hybridized carbons (Fsp3) is 0.533. The Morgan fingerprint density at radius 2 is 2.00 bits per heavy atom. The zero-order chi connectivity index (χ0) is 15.2. The van der Waals surface area contributed by atoms with Crippen LogP contribution in [0.4, 0.5) is 0 Å². The number of nitrogens with zero attached hydrogens (tertiary/aromatic N) is 2. The minimum Gasteiger partial charge on any atom is -0.495 e. The number of methoxy groups -OCH3 is 1. The van der Waals surface area contributed by atoms with E-state index in [1.165, 1.54) is 7.11 Å². The summed E-state index contributed by atoms with van der Waals surface area (Å²) < 4.78 is 5.11. The maximum atomic E-state index is 9.30. The van der Waals surface area contributed by atoms with Gasteiger partial charge >= 0.3 is 0 Å². The molecular formula is C15H22N2O3. The Labute approximate surface area is 120 Å². The van der Waals surface area contributed by atoms with E-state index < -0.39 is 5.41 Å². The van der Waals surface area contributed by atoms with Crippen LogP contribution in [0.15, 0.2) is 18.2 Å². The van der Waals surface area contributed by atoms with Crippen molar-refractivity contribution in [3.8, 4) is 11.8 Å². The third kappa shape index (κ3) is 4.20. The van der Waals surface area contributed by atoms with Gasteiger partial charge in [0, 0.05) is 18.5 Å². The zero-order valence-electron chi connectivity index (χ0n) is 12.3. The Bertz CT molecular complexity index is 478. The van der Waals surface area contributed by atoms with Crippen LogP contribution in [0.5, 0.6) is 5.75 Å². The number of aliphatic hydroxyl groups is 2. The largest absolute Gasteiger partial charge is 0.495 e. The fourth-order valence-electron chi connectivity index (χ4n) is 2.11. The molecule has 0 aliphatic heterocycles. The first-order valence-electron chi connectivity index (χ1n) is 6.45. The second-order valence-corrected chi connectivity index (χ2v) is 5.45. The standard InChI is InChI=1S/C15H22N2O3/c1-15(10-18,11-19)9-17(2)8-12-4-5-14(20-3)13(6-12)7-16/h4-6,18-19H,8-11H2,1-3H3. The molecule has 1 rings (SSSR count). The smallest absolute Gasteiger partial charge is 0.136 e. The van der Waals surface area contributed by atoms with Gasteiger partial charge in [-0.1, -0.05) is 13.0 Å². The van der Waals surface area contributed by atoms with Crippen LogP contribution >= 0.6 is 0 Å². The number of ether oxygens (including phenoxy) is 1. The van der Waals surface area contributed by atoms with Crippen molar-refractivity contribution >= 4 is 0 Å². The number of aliphatic hydroxyl groups excluding tert-OH is 2. The van der Waals surface area contributed by atoms with Gasteiger partial charge in [-0.25, -0.2) is 0 Å². The van der Waals surface area contributed by atoms with Crippen LogP contribution in [0.25, 0.3) is 0 Å². The number of hydrogen-bond donors (Lipinski definition) is 2. The molecule has 0 bridgehead atoms. The summed E-state index contributed by atoms with van der Waals surface area (Å²) in [5, 5.41) is 27.7. The van der Waals surface area contributed by atoms with Gasteiger partial charge in [0.05, 0.1) is 25.9 Å². The van der Waals surface area contributed by atoms with Crippen LogP contribution < -0.4 is 4.74 Å².